The van der Waals surface area contributed by atoms with Gasteiger partial charge < -0.3 is 19.5 Å². The lowest BCUT2D eigenvalue weighted by Crippen LogP contribution is -2.61. The van der Waals surface area contributed by atoms with Gasteiger partial charge in [-0.25, -0.2) is 0 Å². The first-order chi connectivity index (χ1) is 11.9. The molecule has 2 heterocycles. The monoisotopic (exact) mass is 404 g/mol. The molecule has 160 valence electrons. The van der Waals surface area contributed by atoms with Crippen molar-refractivity contribution >= 4 is 13.6 Å². The second kappa shape index (κ2) is 7.09. The van der Waals surface area contributed by atoms with E-state index < -0.39 is 7.34 Å². The molecule has 0 aliphatic carbocycles. The van der Waals surface area contributed by atoms with E-state index in [1.807, 2.05) is 62.1 Å². The van der Waals surface area contributed by atoms with Crippen molar-refractivity contribution in [2.45, 2.75) is 115 Å². The molecule has 2 saturated heterocycles. The maximum atomic E-state index is 10.5. The van der Waals surface area contributed by atoms with Crippen molar-refractivity contribution in [3.8, 4) is 0 Å². The normalized spacial score (nSPS) is 29.7. The van der Waals surface area contributed by atoms with Gasteiger partial charge in [-0.3, -0.25) is 0 Å². The van der Waals surface area contributed by atoms with Crippen molar-refractivity contribution in [1.29, 1.82) is 0 Å². The molecule has 0 amide bonds. The van der Waals surface area contributed by atoms with Crippen molar-refractivity contribution in [1.82, 2.24) is 10.1 Å². The molecule has 0 bridgehead atoms. The first-order valence-electron chi connectivity index (χ1n) is 9.94. The number of hydrogen-bond donors (Lipinski definition) is 2. The Kier molecular flexibility index (Phi) is 6.13. The summed E-state index contributed by atoms with van der Waals surface area (Å²) in [6.45, 7) is 18.2. The standard InChI is InChI=1S/C20H41N2O4P/c1-17(2)11-15(12-18(3,4)21(17)23)25-27(9,10)26-16-13-19(5,6)22(24)20(7,8)14-16/h15-16,23-24H,9,11-14H2,1-8,10H3. The first-order valence-corrected chi connectivity index (χ1v) is 12.2. The predicted molar refractivity (Wildman–Crippen MR) is 112 cm³/mol. The predicted octanol–water partition coefficient (Wildman–Crippen LogP) is 4.75. The molecule has 0 unspecified atom stereocenters. The van der Waals surface area contributed by atoms with Gasteiger partial charge >= 0.3 is 0 Å². The van der Waals surface area contributed by atoms with Crippen molar-refractivity contribution < 1.29 is 19.5 Å². The Bertz CT molecular complexity index is 519. The van der Waals surface area contributed by atoms with Crippen LogP contribution < -0.4 is 0 Å². The molecular weight excluding hydrogens is 363 g/mol. The van der Waals surface area contributed by atoms with Gasteiger partial charge in [0.25, 0.3) is 0 Å². The molecule has 0 aromatic heterocycles. The van der Waals surface area contributed by atoms with Crippen LogP contribution in [0.2, 0.25) is 0 Å². The minimum Gasteiger partial charge on any atom is -0.334 e. The van der Waals surface area contributed by atoms with Crippen LogP contribution in [-0.4, -0.2) is 67.9 Å². The van der Waals surface area contributed by atoms with E-state index in [9.17, 15) is 10.4 Å². The zero-order chi connectivity index (χ0) is 21.1. The molecule has 2 fully saturated rings. The minimum atomic E-state index is -2.29. The number of hydroxylamine groups is 4. The number of nitrogens with zero attached hydrogens (tertiary/aromatic N) is 2. The third kappa shape index (κ3) is 5.16. The third-order valence-corrected chi connectivity index (χ3v) is 7.43. The number of hydrogen-bond acceptors (Lipinski definition) is 6. The molecule has 0 aromatic rings. The van der Waals surface area contributed by atoms with Gasteiger partial charge in [0.2, 0.25) is 0 Å². The lowest BCUT2D eigenvalue weighted by molar-refractivity contribution is -0.258. The van der Waals surface area contributed by atoms with Gasteiger partial charge in [-0.15, -0.1) is 0 Å². The topological polar surface area (TPSA) is 65.4 Å². The molecule has 0 atom stereocenters. The molecule has 0 radical (unpaired) electrons. The summed E-state index contributed by atoms with van der Waals surface area (Å²) in [6.07, 6.45) is 7.21. The molecule has 2 rings (SSSR count). The van der Waals surface area contributed by atoms with Gasteiger partial charge in [-0.2, -0.15) is 10.1 Å². The average Bonchev–Trinajstić information content (AvgIpc) is 2.39. The summed E-state index contributed by atoms with van der Waals surface area (Å²) in [5.74, 6) is 0. The van der Waals surface area contributed by atoms with Crippen LogP contribution >= 0.6 is 7.34 Å². The van der Waals surface area contributed by atoms with Crippen LogP contribution in [0.1, 0.15) is 81.1 Å². The Morgan fingerprint density at radius 1 is 0.704 bits per heavy atom. The Hall–Kier alpha value is 0.0600. The minimum absolute atomic E-state index is 0.00631. The van der Waals surface area contributed by atoms with Crippen LogP contribution in [0.25, 0.3) is 0 Å². The zero-order valence-electron chi connectivity index (χ0n) is 18.7. The summed E-state index contributed by atoms with van der Waals surface area (Å²) in [5.41, 5.74) is -1.45. The summed E-state index contributed by atoms with van der Waals surface area (Å²) in [4.78, 5) is 0. The highest BCUT2D eigenvalue weighted by Crippen LogP contribution is 2.53. The highest BCUT2D eigenvalue weighted by molar-refractivity contribution is 7.63. The van der Waals surface area contributed by atoms with Crippen molar-refractivity contribution in [2.24, 2.45) is 0 Å². The van der Waals surface area contributed by atoms with Gasteiger partial charge in [-0.1, -0.05) is 6.30 Å². The number of rotatable bonds is 4. The molecule has 0 saturated carbocycles. The van der Waals surface area contributed by atoms with Gasteiger partial charge in [0.05, 0.1) is 12.2 Å². The Morgan fingerprint density at radius 2 is 0.926 bits per heavy atom. The second-order valence-corrected chi connectivity index (χ2v) is 13.6. The molecule has 0 aromatic carbocycles. The Morgan fingerprint density at radius 3 is 1.15 bits per heavy atom. The van der Waals surface area contributed by atoms with Crippen LogP contribution in [0.3, 0.4) is 0 Å². The fourth-order valence-electron chi connectivity index (χ4n) is 5.16. The summed E-state index contributed by atoms with van der Waals surface area (Å²) in [6, 6.07) is 0. The van der Waals surface area contributed by atoms with Crippen LogP contribution in [0, 0.1) is 0 Å². The largest absolute Gasteiger partial charge is 0.334 e. The van der Waals surface area contributed by atoms with Gasteiger partial charge in [0.15, 0.2) is 0 Å². The Labute approximate surface area is 165 Å². The summed E-state index contributed by atoms with van der Waals surface area (Å²) >= 11 is 0. The maximum absolute atomic E-state index is 10.5. The van der Waals surface area contributed by atoms with Gasteiger partial charge in [0, 0.05) is 28.8 Å². The van der Waals surface area contributed by atoms with Gasteiger partial charge in [-0.05, 0) is 81.1 Å². The fraction of sp³-hybridized carbons (Fsp3) is 0.950. The van der Waals surface area contributed by atoms with E-state index in [1.165, 1.54) is 10.1 Å². The molecule has 0 spiro atoms. The SMILES string of the molecule is C=P(C)(OC1CC(C)(C)N(O)C(C)(C)C1)OC1CC(C)(C)N(O)C(C)(C)C1. The smallest absolute Gasteiger partial charge is 0.115 e. The number of piperidine rings is 2. The molecular formula is C20H41N2O4P. The lowest BCUT2D eigenvalue weighted by atomic mass is 9.80. The summed E-state index contributed by atoms with van der Waals surface area (Å²) in [7, 11) is -2.29. The molecule has 2 aliphatic rings. The molecule has 7 heteroatoms. The molecule has 2 aliphatic heterocycles. The highest BCUT2D eigenvalue weighted by atomic mass is 31.2. The summed E-state index contributed by atoms with van der Waals surface area (Å²) in [5, 5.41) is 23.9. The van der Waals surface area contributed by atoms with Crippen LogP contribution in [0.4, 0.5) is 0 Å². The van der Waals surface area contributed by atoms with Crippen LogP contribution in [-0.2, 0) is 9.05 Å². The Balaban J connectivity index is 2.08. The van der Waals surface area contributed by atoms with Gasteiger partial charge in [0.1, 0.15) is 7.34 Å². The van der Waals surface area contributed by atoms with Crippen LogP contribution in [0.15, 0.2) is 0 Å². The van der Waals surface area contributed by atoms with E-state index in [0.29, 0.717) is 0 Å². The third-order valence-electron chi connectivity index (χ3n) is 5.95. The fourth-order valence-corrected chi connectivity index (χ4v) is 6.77. The van der Waals surface area contributed by atoms with E-state index in [1.54, 1.807) is 0 Å². The summed E-state index contributed by atoms with van der Waals surface area (Å²) < 4.78 is 12.9. The quantitative estimate of drug-likeness (QED) is 0.659. The van der Waals surface area contributed by atoms with Crippen LogP contribution in [0.5, 0.6) is 0 Å². The van der Waals surface area contributed by atoms with Crippen molar-refractivity contribution in [3.05, 3.63) is 0 Å². The van der Waals surface area contributed by atoms with Crippen molar-refractivity contribution in [2.75, 3.05) is 6.66 Å². The zero-order valence-corrected chi connectivity index (χ0v) is 19.6. The molecule has 6 nitrogen and oxygen atoms in total. The maximum Gasteiger partial charge on any atom is 0.115 e. The molecule has 27 heavy (non-hydrogen) atoms. The lowest BCUT2D eigenvalue weighted by Gasteiger charge is -2.53. The molecule has 2 N–H and O–H groups in total. The van der Waals surface area contributed by atoms with Crippen molar-refractivity contribution in [3.63, 3.8) is 0 Å². The average molecular weight is 405 g/mol. The highest BCUT2D eigenvalue weighted by Gasteiger charge is 2.48. The van der Waals surface area contributed by atoms with E-state index in [2.05, 4.69) is 6.30 Å². The van der Waals surface area contributed by atoms with E-state index >= 15 is 0 Å². The van der Waals surface area contributed by atoms with E-state index in [-0.39, 0.29) is 34.4 Å². The van der Waals surface area contributed by atoms with E-state index in [4.69, 9.17) is 9.05 Å². The first kappa shape index (κ1) is 23.3. The second-order valence-electron chi connectivity index (χ2n) is 11.2. The van der Waals surface area contributed by atoms with E-state index in [0.717, 1.165) is 25.7 Å².